The van der Waals surface area contributed by atoms with Gasteiger partial charge in [-0.2, -0.15) is 4.31 Å². The van der Waals surface area contributed by atoms with Crippen molar-refractivity contribution in [1.29, 1.82) is 0 Å². The third-order valence-electron chi connectivity index (χ3n) is 5.14. The van der Waals surface area contributed by atoms with Gasteiger partial charge in [-0.25, -0.2) is 8.42 Å². The van der Waals surface area contributed by atoms with Crippen LogP contribution in [-0.2, 0) is 10.0 Å². The van der Waals surface area contributed by atoms with Gasteiger partial charge in [0.25, 0.3) is 5.91 Å². The third-order valence-corrected chi connectivity index (χ3v) is 7.04. The zero-order valence-corrected chi connectivity index (χ0v) is 16.6. The number of sulfonamides is 1. The van der Waals surface area contributed by atoms with E-state index in [1.807, 2.05) is 31.2 Å². The maximum atomic E-state index is 13.0. The molecule has 2 aromatic carbocycles. The van der Waals surface area contributed by atoms with E-state index in [0.29, 0.717) is 11.3 Å². The number of nitrogens with one attached hydrogen (secondary N) is 1. The maximum Gasteiger partial charge on any atom is 0.255 e. The van der Waals surface area contributed by atoms with E-state index in [-0.39, 0.29) is 16.8 Å². The largest absolute Gasteiger partial charge is 0.322 e. The van der Waals surface area contributed by atoms with E-state index < -0.39 is 10.0 Å². The molecule has 1 amide bonds. The molecule has 0 aliphatic heterocycles. The molecule has 27 heavy (non-hydrogen) atoms. The molecule has 1 fully saturated rings. The Labute approximate surface area is 161 Å². The van der Waals surface area contributed by atoms with Crippen molar-refractivity contribution >= 4 is 21.6 Å². The highest BCUT2D eigenvalue weighted by atomic mass is 32.2. The summed E-state index contributed by atoms with van der Waals surface area (Å²) in [5, 5.41) is 2.82. The molecule has 144 valence electrons. The van der Waals surface area contributed by atoms with Crippen LogP contribution in [-0.4, -0.2) is 31.7 Å². The summed E-state index contributed by atoms with van der Waals surface area (Å²) in [6.45, 7) is 1.95. The van der Waals surface area contributed by atoms with E-state index in [0.717, 1.165) is 31.2 Å². The van der Waals surface area contributed by atoms with Gasteiger partial charge in [-0.05, 0) is 55.7 Å². The Hall–Kier alpha value is -2.18. The quantitative estimate of drug-likeness (QED) is 0.837. The molecule has 5 nitrogen and oxygen atoms in total. The van der Waals surface area contributed by atoms with E-state index >= 15 is 0 Å². The second-order valence-corrected chi connectivity index (χ2v) is 9.16. The monoisotopic (exact) mass is 386 g/mol. The summed E-state index contributed by atoms with van der Waals surface area (Å²) in [6, 6.07) is 13.8. The first-order chi connectivity index (χ1) is 12.9. The predicted octanol–water partition coefficient (Wildman–Crippen LogP) is 4.20. The SMILES string of the molecule is Cc1cccc(NC(=O)c2cccc(S(=O)(=O)N(C)C3CCCCC3)c2)c1. The average molecular weight is 387 g/mol. The topological polar surface area (TPSA) is 66.5 Å². The molecule has 0 atom stereocenters. The van der Waals surface area contributed by atoms with E-state index in [9.17, 15) is 13.2 Å². The fourth-order valence-corrected chi connectivity index (χ4v) is 4.99. The van der Waals surface area contributed by atoms with Crippen LogP contribution in [0, 0.1) is 6.92 Å². The number of hydrogen-bond donors (Lipinski definition) is 1. The molecular formula is C21H26N2O3S. The van der Waals surface area contributed by atoms with E-state index in [1.165, 1.54) is 16.8 Å². The Kier molecular flexibility index (Phi) is 5.97. The molecule has 1 N–H and O–H groups in total. The minimum atomic E-state index is -3.62. The lowest BCUT2D eigenvalue weighted by Crippen LogP contribution is -2.38. The Morgan fingerprint density at radius 1 is 1.04 bits per heavy atom. The van der Waals surface area contributed by atoms with Crippen molar-refractivity contribution in [3.05, 3.63) is 59.7 Å². The standard InChI is InChI=1S/C21H26N2O3S/c1-16-8-6-10-18(14-16)22-21(24)17-9-7-13-20(15-17)27(25,26)23(2)19-11-4-3-5-12-19/h6-10,13-15,19H,3-5,11-12H2,1-2H3,(H,22,24). The van der Waals surface area contributed by atoms with Gasteiger partial charge in [0.05, 0.1) is 4.90 Å². The van der Waals surface area contributed by atoms with Crippen molar-refractivity contribution in [2.45, 2.75) is 50.0 Å². The summed E-state index contributed by atoms with van der Waals surface area (Å²) in [5.41, 5.74) is 2.06. The van der Waals surface area contributed by atoms with Gasteiger partial charge in [0.1, 0.15) is 0 Å². The minimum Gasteiger partial charge on any atom is -0.322 e. The van der Waals surface area contributed by atoms with E-state index in [1.54, 1.807) is 25.2 Å². The van der Waals surface area contributed by atoms with Crippen molar-refractivity contribution in [3.63, 3.8) is 0 Å². The molecule has 0 aromatic heterocycles. The number of benzene rings is 2. The van der Waals surface area contributed by atoms with Crippen LogP contribution in [0.5, 0.6) is 0 Å². The molecule has 0 bridgehead atoms. The van der Waals surface area contributed by atoms with Crippen molar-refractivity contribution < 1.29 is 13.2 Å². The Morgan fingerprint density at radius 3 is 2.44 bits per heavy atom. The van der Waals surface area contributed by atoms with Gasteiger partial charge < -0.3 is 5.32 Å². The van der Waals surface area contributed by atoms with Crippen molar-refractivity contribution in [2.75, 3.05) is 12.4 Å². The summed E-state index contributed by atoms with van der Waals surface area (Å²) in [4.78, 5) is 12.7. The predicted molar refractivity (Wildman–Crippen MR) is 107 cm³/mol. The molecule has 1 aliphatic rings. The lowest BCUT2D eigenvalue weighted by atomic mass is 9.96. The summed E-state index contributed by atoms with van der Waals surface area (Å²) >= 11 is 0. The first-order valence-corrected chi connectivity index (χ1v) is 10.8. The van der Waals surface area contributed by atoms with Gasteiger partial charge in [0.2, 0.25) is 10.0 Å². The van der Waals surface area contributed by atoms with Gasteiger partial charge in [0.15, 0.2) is 0 Å². The molecule has 1 aliphatic carbocycles. The summed E-state index contributed by atoms with van der Waals surface area (Å²) in [7, 11) is -1.98. The Bertz CT molecular complexity index is 919. The number of carbonyl (C=O) groups is 1. The van der Waals surface area contributed by atoms with Gasteiger partial charge in [-0.15, -0.1) is 0 Å². The van der Waals surface area contributed by atoms with Gasteiger partial charge in [-0.3, -0.25) is 4.79 Å². The lowest BCUT2D eigenvalue weighted by Gasteiger charge is -2.30. The van der Waals surface area contributed by atoms with E-state index in [2.05, 4.69) is 5.32 Å². The number of aryl methyl sites for hydroxylation is 1. The molecule has 3 rings (SSSR count). The number of anilines is 1. The lowest BCUT2D eigenvalue weighted by molar-refractivity contribution is 0.102. The highest BCUT2D eigenvalue weighted by molar-refractivity contribution is 7.89. The van der Waals surface area contributed by atoms with Gasteiger partial charge in [0, 0.05) is 24.3 Å². The van der Waals surface area contributed by atoms with Gasteiger partial charge >= 0.3 is 0 Å². The van der Waals surface area contributed by atoms with Crippen LogP contribution in [0.4, 0.5) is 5.69 Å². The molecule has 1 saturated carbocycles. The third kappa shape index (κ3) is 4.57. The number of rotatable bonds is 5. The molecule has 0 heterocycles. The number of amides is 1. The summed E-state index contributed by atoms with van der Waals surface area (Å²) < 4.78 is 27.5. The zero-order chi connectivity index (χ0) is 19.4. The van der Waals surface area contributed by atoms with E-state index in [4.69, 9.17) is 0 Å². The summed E-state index contributed by atoms with van der Waals surface area (Å²) in [6.07, 6.45) is 5.07. The highest BCUT2D eigenvalue weighted by Gasteiger charge is 2.29. The van der Waals surface area contributed by atoms with Crippen LogP contribution in [0.2, 0.25) is 0 Å². The van der Waals surface area contributed by atoms with Crippen molar-refractivity contribution in [1.82, 2.24) is 4.31 Å². The fraction of sp³-hybridized carbons (Fsp3) is 0.381. The summed E-state index contributed by atoms with van der Waals surface area (Å²) in [5.74, 6) is -0.321. The molecule has 6 heteroatoms. The van der Waals surface area contributed by atoms with Crippen molar-refractivity contribution in [3.8, 4) is 0 Å². The van der Waals surface area contributed by atoms with Crippen LogP contribution in [0.3, 0.4) is 0 Å². The van der Waals surface area contributed by atoms with Crippen molar-refractivity contribution in [2.24, 2.45) is 0 Å². The number of carbonyl (C=O) groups excluding carboxylic acids is 1. The minimum absolute atomic E-state index is 0.0357. The van der Waals surface area contributed by atoms with Crippen LogP contribution < -0.4 is 5.32 Å². The average Bonchev–Trinajstić information content (AvgIpc) is 2.68. The number of hydrogen-bond acceptors (Lipinski definition) is 3. The van der Waals surface area contributed by atoms with Crippen LogP contribution in [0.15, 0.2) is 53.4 Å². The second kappa shape index (κ2) is 8.23. The van der Waals surface area contributed by atoms with Gasteiger partial charge in [-0.1, -0.05) is 37.5 Å². The zero-order valence-electron chi connectivity index (χ0n) is 15.8. The van der Waals surface area contributed by atoms with Crippen LogP contribution in [0.1, 0.15) is 48.0 Å². The molecule has 0 spiro atoms. The smallest absolute Gasteiger partial charge is 0.255 e. The van der Waals surface area contributed by atoms with Crippen LogP contribution >= 0.6 is 0 Å². The molecule has 0 radical (unpaired) electrons. The Balaban J connectivity index is 1.80. The molecule has 2 aromatic rings. The fourth-order valence-electron chi connectivity index (χ4n) is 3.53. The first-order valence-electron chi connectivity index (χ1n) is 9.34. The molecule has 0 saturated heterocycles. The first kappa shape index (κ1) is 19.6. The Morgan fingerprint density at radius 2 is 1.74 bits per heavy atom. The molecule has 0 unspecified atom stereocenters. The maximum absolute atomic E-state index is 13.0. The van der Waals surface area contributed by atoms with Crippen LogP contribution in [0.25, 0.3) is 0 Å². The second-order valence-electron chi connectivity index (χ2n) is 7.16. The molecular weight excluding hydrogens is 360 g/mol. The highest BCUT2D eigenvalue weighted by Crippen LogP contribution is 2.27. The number of nitrogens with zero attached hydrogens (tertiary/aromatic N) is 1. The normalized spacial score (nSPS) is 15.7.